The summed E-state index contributed by atoms with van der Waals surface area (Å²) in [5.41, 5.74) is 0.209. The molecule has 1 unspecified atom stereocenters. The van der Waals surface area contributed by atoms with Crippen LogP contribution in [-0.4, -0.2) is 55.6 Å². The summed E-state index contributed by atoms with van der Waals surface area (Å²) in [7, 11) is 0. The number of aliphatic hydroxyl groups excluding tert-OH is 1. The van der Waals surface area contributed by atoms with Gasteiger partial charge in [0.25, 0.3) is 17.4 Å². The molecule has 38 heavy (non-hydrogen) atoms. The number of amides is 2. The third-order valence-corrected chi connectivity index (χ3v) is 9.12. The lowest BCUT2D eigenvalue weighted by Crippen LogP contribution is -2.56. The smallest absolute Gasteiger partial charge is 0.296 e. The zero-order valence-electron chi connectivity index (χ0n) is 21.0. The number of halogens is 2. The van der Waals surface area contributed by atoms with E-state index in [1.165, 1.54) is 27.7 Å². The highest BCUT2D eigenvalue weighted by Gasteiger charge is 2.64. The maximum Gasteiger partial charge on any atom is 0.296 e. The third-order valence-electron chi connectivity index (χ3n) is 8.83. The number of hydrogen-bond donors (Lipinski definition) is 2. The number of nitrogens with zero attached hydrogens (tertiary/aromatic N) is 3. The van der Waals surface area contributed by atoms with Crippen LogP contribution in [0.15, 0.2) is 35.1 Å². The Morgan fingerprint density at radius 2 is 2.03 bits per heavy atom. The highest BCUT2D eigenvalue weighted by molar-refractivity contribution is 6.30. The van der Waals surface area contributed by atoms with Crippen molar-refractivity contribution in [2.45, 2.75) is 57.3 Å². The number of carbonyl (C=O) groups is 2. The standard InChI is InChI=1S/C28H29ClFN3O5/c1-14-11-17-5-8-28(22(14)17)32(10-6-15(2)34)26(37)23-18-7-9-31(13-16-3-4-20(30)19(29)12-16)25(36)21(18)24(35)27(38)33(23)28/h3-4,12,15,17,22,34-35H,1,5-11,13H2,2H3/t15?,17-,22+,28+/m0/s1. The molecule has 4 aliphatic rings. The second kappa shape index (κ2) is 8.68. The molecule has 2 aliphatic heterocycles. The summed E-state index contributed by atoms with van der Waals surface area (Å²) in [6, 6.07) is 4.18. The first-order valence-electron chi connectivity index (χ1n) is 13.0. The van der Waals surface area contributed by atoms with Crippen molar-refractivity contribution >= 4 is 23.4 Å². The Kier molecular flexibility index (Phi) is 5.74. The van der Waals surface area contributed by atoms with Gasteiger partial charge in [-0.15, -0.1) is 0 Å². The Morgan fingerprint density at radius 1 is 1.26 bits per heavy atom. The minimum atomic E-state index is -0.990. The molecule has 2 N–H and O–H groups in total. The molecule has 8 nitrogen and oxygen atoms in total. The van der Waals surface area contributed by atoms with E-state index in [1.54, 1.807) is 11.8 Å². The van der Waals surface area contributed by atoms with Crippen molar-refractivity contribution in [3.05, 3.63) is 73.9 Å². The molecule has 10 heteroatoms. The molecule has 2 aliphatic carbocycles. The molecule has 2 aromatic rings. The van der Waals surface area contributed by atoms with Crippen molar-refractivity contribution in [3.8, 4) is 5.75 Å². The molecule has 3 heterocycles. The average Bonchev–Trinajstić information content (AvgIpc) is 3.29. The van der Waals surface area contributed by atoms with Gasteiger partial charge in [0.05, 0.1) is 16.7 Å². The van der Waals surface area contributed by atoms with Gasteiger partial charge in [-0.05, 0) is 62.6 Å². The van der Waals surface area contributed by atoms with E-state index in [0.29, 0.717) is 29.9 Å². The molecule has 2 saturated carbocycles. The second-order valence-corrected chi connectivity index (χ2v) is 11.4. The van der Waals surface area contributed by atoms with Crippen LogP contribution in [0.4, 0.5) is 4.39 Å². The van der Waals surface area contributed by atoms with Gasteiger partial charge in [0.15, 0.2) is 5.75 Å². The maximum atomic E-state index is 14.0. The molecule has 0 bridgehead atoms. The van der Waals surface area contributed by atoms with Gasteiger partial charge < -0.3 is 20.0 Å². The zero-order valence-corrected chi connectivity index (χ0v) is 21.8. The third kappa shape index (κ3) is 3.34. The highest BCUT2D eigenvalue weighted by Crippen LogP contribution is 2.62. The van der Waals surface area contributed by atoms with Crippen LogP contribution in [0.3, 0.4) is 0 Å². The predicted molar refractivity (Wildman–Crippen MR) is 138 cm³/mol. The van der Waals surface area contributed by atoms with Crippen molar-refractivity contribution in [3.63, 3.8) is 0 Å². The van der Waals surface area contributed by atoms with E-state index in [2.05, 4.69) is 6.58 Å². The predicted octanol–water partition coefficient (Wildman–Crippen LogP) is 3.41. The van der Waals surface area contributed by atoms with Gasteiger partial charge in [-0.25, -0.2) is 4.39 Å². The van der Waals surface area contributed by atoms with Gasteiger partial charge in [0, 0.05) is 31.1 Å². The summed E-state index contributed by atoms with van der Waals surface area (Å²) in [4.78, 5) is 44.6. The Morgan fingerprint density at radius 3 is 2.71 bits per heavy atom. The molecule has 2 fully saturated rings. The minimum Gasteiger partial charge on any atom is -0.502 e. The molecule has 1 spiro atoms. The number of fused-ring (bicyclic) bond motifs is 6. The van der Waals surface area contributed by atoms with Gasteiger partial charge in [-0.2, -0.15) is 0 Å². The Labute approximate surface area is 223 Å². The molecule has 200 valence electrons. The second-order valence-electron chi connectivity index (χ2n) is 11.0. The Balaban J connectivity index is 1.46. The SMILES string of the molecule is C=C1C[C@@H]2CC[C@@]3([C@H]12)N(CCC(C)O)C(=O)c1c2c(c(O)c(=O)n13)C(=O)N(Cc1ccc(F)c(Cl)c1)CC2. The van der Waals surface area contributed by atoms with Gasteiger partial charge >= 0.3 is 0 Å². The highest BCUT2D eigenvalue weighted by atomic mass is 35.5. The van der Waals surface area contributed by atoms with E-state index in [1.807, 2.05) is 0 Å². The molecule has 1 aromatic carbocycles. The van der Waals surface area contributed by atoms with Crippen LogP contribution in [0.5, 0.6) is 5.75 Å². The number of benzene rings is 1. The summed E-state index contributed by atoms with van der Waals surface area (Å²) in [5, 5.41) is 21.1. The van der Waals surface area contributed by atoms with Crippen LogP contribution in [0.2, 0.25) is 5.02 Å². The number of pyridine rings is 1. The fourth-order valence-electron chi connectivity index (χ4n) is 7.16. The summed E-state index contributed by atoms with van der Waals surface area (Å²) in [6.45, 7) is 6.46. The van der Waals surface area contributed by atoms with Gasteiger partial charge in [0.2, 0.25) is 0 Å². The van der Waals surface area contributed by atoms with Crippen molar-refractivity contribution in [1.29, 1.82) is 0 Å². The van der Waals surface area contributed by atoms with Crippen molar-refractivity contribution in [2.75, 3.05) is 13.1 Å². The maximum absolute atomic E-state index is 14.0. The number of carbonyl (C=O) groups excluding carboxylic acids is 2. The van der Waals surface area contributed by atoms with Crippen LogP contribution in [-0.2, 0) is 18.6 Å². The molecule has 6 rings (SSSR count). The normalized spacial score (nSPS) is 26.5. The first-order valence-corrected chi connectivity index (χ1v) is 13.4. The van der Waals surface area contributed by atoms with Crippen molar-refractivity contribution in [2.24, 2.45) is 11.8 Å². The van der Waals surface area contributed by atoms with E-state index < -0.39 is 34.8 Å². The van der Waals surface area contributed by atoms with E-state index in [9.17, 15) is 29.0 Å². The van der Waals surface area contributed by atoms with Crippen LogP contribution in [0.1, 0.15) is 64.6 Å². The lowest BCUT2D eigenvalue weighted by atomic mass is 9.68. The summed E-state index contributed by atoms with van der Waals surface area (Å²) in [5.74, 6) is -1.97. The quantitative estimate of drug-likeness (QED) is 0.565. The van der Waals surface area contributed by atoms with Crippen LogP contribution in [0.25, 0.3) is 0 Å². The zero-order chi connectivity index (χ0) is 27.1. The molecular formula is C28H29ClFN3O5. The summed E-state index contributed by atoms with van der Waals surface area (Å²) >= 11 is 5.90. The molecule has 0 radical (unpaired) electrons. The van der Waals surface area contributed by atoms with E-state index in [0.717, 1.165) is 18.4 Å². The molecule has 0 saturated heterocycles. The fourth-order valence-corrected chi connectivity index (χ4v) is 7.37. The van der Waals surface area contributed by atoms with Crippen LogP contribution < -0.4 is 5.56 Å². The van der Waals surface area contributed by atoms with Crippen molar-refractivity contribution in [1.82, 2.24) is 14.4 Å². The fraction of sp³-hybridized carbons (Fsp3) is 0.464. The van der Waals surface area contributed by atoms with E-state index in [-0.39, 0.29) is 54.2 Å². The number of hydrogen-bond acceptors (Lipinski definition) is 5. The minimum absolute atomic E-state index is 0.0631. The van der Waals surface area contributed by atoms with Crippen molar-refractivity contribution < 1.29 is 24.2 Å². The van der Waals surface area contributed by atoms with Crippen LogP contribution in [0, 0.1) is 17.7 Å². The number of aromatic nitrogens is 1. The average molecular weight is 542 g/mol. The topological polar surface area (TPSA) is 103 Å². The van der Waals surface area contributed by atoms with E-state index in [4.69, 9.17) is 11.6 Å². The summed E-state index contributed by atoms with van der Waals surface area (Å²) < 4.78 is 15.1. The number of aliphatic hydroxyl groups is 1. The molecular weight excluding hydrogens is 513 g/mol. The van der Waals surface area contributed by atoms with Gasteiger partial charge in [0.1, 0.15) is 17.2 Å². The molecule has 1 aromatic heterocycles. The number of rotatable bonds is 5. The monoisotopic (exact) mass is 541 g/mol. The lowest BCUT2D eigenvalue weighted by molar-refractivity contribution is -0.00287. The molecule has 4 atom stereocenters. The Hall–Kier alpha value is -3.17. The van der Waals surface area contributed by atoms with Gasteiger partial charge in [-0.1, -0.05) is 29.8 Å². The van der Waals surface area contributed by atoms with Gasteiger partial charge in [-0.3, -0.25) is 19.0 Å². The largest absolute Gasteiger partial charge is 0.502 e. The first-order chi connectivity index (χ1) is 18.1. The Bertz CT molecular complexity index is 1470. The molecule has 2 amide bonds. The van der Waals surface area contributed by atoms with E-state index >= 15 is 0 Å². The number of aromatic hydroxyl groups is 1. The van der Waals surface area contributed by atoms with Crippen LogP contribution >= 0.6 is 11.6 Å². The lowest BCUT2D eigenvalue weighted by Gasteiger charge is -2.48. The first kappa shape index (κ1) is 25.1. The summed E-state index contributed by atoms with van der Waals surface area (Å²) in [6.07, 6.45) is 2.16.